The Morgan fingerprint density at radius 2 is 1.68 bits per heavy atom. The highest BCUT2D eigenvalue weighted by atomic mass is 32.2. The number of rotatable bonds is 7. The maximum absolute atomic E-state index is 12.6. The zero-order valence-corrected chi connectivity index (χ0v) is 17.7. The summed E-state index contributed by atoms with van der Waals surface area (Å²) in [6.45, 7) is 0.979. The van der Waals surface area contributed by atoms with E-state index in [4.69, 9.17) is 14.2 Å². The van der Waals surface area contributed by atoms with Crippen molar-refractivity contribution in [1.29, 1.82) is 0 Å². The van der Waals surface area contributed by atoms with Crippen molar-refractivity contribution < 1.29 is 23.2 Å². The molecule has 0 bridgehead atoms. The molecule has 1 atom stereocenters. The Bertz CT molecular complexity index is 1120. The standard InChI is InChI=1S/C24H21NO5S/c1-28-20-9-2-17(3-10-20)4-12-22(26)18-5-7-19(8-6-18)25-31(27)21-11-13-23-24(16-21)30-15-14-29-23/h2-13,16,25H,14-15H2,1H3/b12-4+. The van der Waals surface area contributed by atoms with Crippen LogP contribution in [0.4, 0.5) is 5.69 Å². The second-order valence-electron chi connectivity index (χ2n) is 6.72. The van der Waals surface area contributed by atoms with Crippen LogP contribution in [-0.2, 0) is 11.0 Å². The molecular formula is C24H21NO5S. The fourth-order valence-electron chi connectivity index (χ4n) is 2.99. The predicted molar refractivity (Wildman–Crippen MR) is 120 cm³/mol. The molecule has 1 aliphatic heterocycles. The molecule has 1 heterocycles. The number of nitrogens with one attached hydrogen (secondary N) is 1. The molecule has 3 aromatic rings. The van der Waals surface area contributed by atoms with Crippen molar-refractivity contribution in [3.8, 4) is 17.2 Å². The average Bonchev–Trinajstić information content (AvgIpc) is 2.83. The molecule has 31 heavy (non-hydrogen) atoms. The number of methoxy groups -OCH3 is 1. The summed E-state index contributed by atoms with van der Waals surface area (Å²) in [5.41, 5.74) is 2.09. The number of anilines is 1. The Morgan fingerprint density at radius 3 is 2.39 bits per heavy atom. The van der Waals surface area contributed by atoms with Gasteiger partial charge in [0.15, 0.2) is 17.3 Å². The zero-order chi connectivity index (χ0) is 21.6. The van der Waals surface area contributed by atoms with E-state index in [0.29, 0.717) is 40.9 Å². The molecule has 0 saturated heterocycles. The van der Waals surface area contributed by atoms with Gasteiger partial charge in [-0.25, -0.2) is 4.21 Å². The van der Waals surface area contributed by atoms with E-state index in [0.717, 1.165) is 11.3 Å². The molecule has 1 aliphatic rings. The molecular weight excluding hydrogens is 414 g/mol. The molecule has 0 fully saturated rings. The van der Waals surface area contributed by atoms with E-state index in [-0.39, 0.29) is 5.78 Å². The lowest BCUT2D eigenvalue weighted by molar-refractivity contribution is 0.104. The summed E-state index contributed by atoms with van der Waals surface area (Å²) >= 11 is 0. The smallest absolute Gasteiger partial charge is 0.185 e. The first kappa shape index (κ1) is 20.7. The normalized spacial score (nSPS) is 13.6. The molecule has 0 spiro atoms. The van der Waals surface area contributed by atoms with Gasteiger partial charge in [0.2, 0.25) is 0 Å². The van der Waals surface area contributed by atoms with E-state index in [1.165, 1.54) is 6.08 Å². The number of ether oxygens (including phenoxy) is 3. The predicted octanol–water partition coefficient (Wildman–Crippen LogP) is 4.50. The summed E-state index contributed by atoms with van der Waals surface area (Å²) in [7, 11) is 0.134. The van der Waals surface area contributed by atoms with Gasteiger partial charge in [-0.3, -0.25) is 4.79 Å². The van der Waals surface area contributed by atoms with Crippen LogP contribution in [0.5, 0.6) is 17.2 Å². The fourth-order valence-corrected chi connectivity index (χ4v) is 3.86. The number of carbonyl (C=O) groups excluding carboxylic acids is 1. The van der Waals surface area contributed by atoms with E-state index in [9.17, 15) is 9.00 Å². The van der Waals surface area contributed by atoms with Gasteiger partial charge in [0.05, 0.1) is 12.0 Å². The Hall–Kier alpha value is -3.58. The second kappa shape index (κ2) is 9.49. The zero-order valence-electron chi connectivity index (χ0n) is 16.9. The van der Waals surface area contributed by atoms with Gasteiger partial charge in [-0.05, 0) is 60.2 Å². The summed E-state index contributed by atoms with van der Waals surface area (Å²) < 4.78 is 31.7. The Balaban J connectivity index is 1.38. The lowest BCUT2D eigenvalue weighted by Crippen LogP contribution is -2.15. The molecule has 7 heteroatoms. The quantitative estimate of drug-likeness (QED) is 0.437. The maximum atomic E-state index is 12.6. The number of fused-ring (bicyclic) bond motifs is 1. The number of hydrogen-bond donors (Lipinski definition) is 1. The van der Waals surface area contributed by atoms with Gasteiger partial charge in [0.1, 0.15) is 29.9 Å². The molecule has 0 radical (unpaired) electrons. The molecule has 158 valence electrons. The van der Waals surface area contributed by atoms with Crippen LogP contribution in [0, 0.1) is 0 Å². The first-order valence-corrected chi connectivity index (χ1v) is 10.8. The van der Waals surface area contributed by atoms with E-state index in [2.05, 4.69) is 4.72 Å². The number of hydrogen-bond acceptors (Lipinski definition) is 5. The lowest BCUT2D eigenvalue weighted by Gasteiger charge is -2.18. The van der Waals surface area contributed by atoms with Crippen LogP contribution >= 0.6 is 0 Å². The molecule has 0 aliphatic carbocycles. The summed E-state index contributed by atoms with van der Waals surface area (Å²) in [5.74, 6) is 1.89. The van der Waals surface area contributed by atoms with Gasteiger partial charge in [-0.1, -0.05) is 18.2 Å². The molecule has 0 saturated carbocycles. The van der Waals surface area contributed by atoms with Crippen LogP contribution in [-0.4, -0.2) is 30.3 Å². The summed E-state index contributed by atoms with van der Waals surface area (Å²) in [6.07, 6.45) is 3.28. The molecule has 6 nitrogen and oxygen atoms in total. The van der Waals surface area contributed by atoms with Crippen LogP contribution in [0.3, 0.4) is 0 Å². The third kappa shape index (κ3) is 5.13. The van der Waals surface area contributed by atoms with Crippen LogP contribution in [0.1, 0.15) is 15.9 Å². The van der Waals surface area contributed by atoms with Gasteiger partial charge in [-0.15, -0.1) is 0 Å². The SMILES string of the molecule is COc1ccc(/C=C/C(=O)c2ccc(NS(=O)c3ccc4c(c3)OCCO4)cc2)cc1. The molecule has 0 aromatic heterocycles. The van der Waals surface area contributed by atoms with E-state index < -0.39 is 11.0 Å². The number of allylic oxidation sites excluding steroid dienone is 1. The van der Waals surface area contributed by atoms with Crippen LogP contribution in [0.25, 0.3) is 6.08 Å². The van der Waals surface area contributed by atoms with Crippen LogP contribution in [0.15, 0.2) is 77.7 Å². The topological polar surface area (TPSA) is 73.9 Å². The van der Waals surface area contributed by atoms with E-state index >= 15 is 0 Å². The minimum atomic E-state index is -1.48. The Kier molecular flexibility index (Phi) is 6.33. The second-order valence-corrected chi connectivity index (χ2v) is 7.94. The van der Waals surface area contributed by atoms with Crippen LogP contribution < -0.4 is 18.9 Å². The van der Waals surface area contributed by atoms with Crippen molar-refractivity contribution in [2.45, 2.75) is 4.90 Å². The minimum absolute atomic E-state index is 0.115. The number of benzene rings is 3. The summed E-state index contributed by atoms with van der Waals surface area (Å²) in [6, 6.07) is 19.5. The van der Waals surface area contributed by atoms with Crippen molar-refractivity contribution in [3.63, 3.8) is 0 Å². The third-order valence-corrected chi connectivity index (χ3v) is 5.75. The molecule has 1 unspecified atom stereocenters. The van der Waals surface area contributed by atoms with Crippen molar-refractivity contribution >= 4 is 28.5 Å². The van der Waals surface area contributed by atoms with Gasteiger partial charge in [0.25, 0.3) is 0 Å². The first-order chi connectivity index (χ1) is 15.1. The number of carbonyl (C=O) groups is 1. The molecule has 3 aromatic carbocycles. The Morgan fingerprint density at radius 1 is 0.968 bits per heavy atom. The molecule has 0 amide bonds. The average molecular weight is 436 g/mol. The summed E-state index contributed by atoms with van der Waals surface area (Å²) in [5, 5.41) is 0. The van der Waals surface area contributed by atoms with Crippen LogP contribution in [0.2, 0.25) is 0 Å². The highest BCUT2D eigenvalue weighted by Crippen LogP contribution is 2.32. The Labute approximate surface area is 183 Å². The maximum Gasteiger partial charge on any atom is 0.185 e. The van der Waals surface area contributed by atoms with E-state index in [1.54, 1.807) is 55.7 Å². The molecule has 4 rings (SSSR count). The lowest BCUT2D eigenvalue weighted by atomic mass is 10.1. The van der Waals surface area contributed by atoms with Crippen molar-refractivity contribution in [1.82, 2.24) is 0 Å². The minimum Gasteiger partial charge on any atom is -0.497 e. The van der Waals surface area contributed by atoms with Gasteiger partial charge in [0, 0.05) is 17.3 Å². The number of ketones is 1. The highest BCUT2D eigenvalue weighted by Gasteiger charge is 2.14. The third-order valence-electron chi connectivity index (χ3n) is 4.65. The van der Waals surface area contributed by atoms with E-state index in [1.807, 2.05) is 24.3 Å². The van der Waals surface area contributed by atoms with Crippen molar-refractivity contribution in [2.24, 2.45) is 0 Å². The van der Waals surface area contributed by atoms with Gasteiger partial charge < -0.3 is 18.9 Å². The fraction of sp³-hybridized carbons (Fsp3) is 0.125. The van der Waals surface area contributed by atoms with Crippen molar-refractivity contribution in [2.75, 3.05) is 25.0 Å². The largest absolute Gasteiger partial charge is 0.497 e. The van der Waals surface area contributed by atoms with Crippen molar-refractivity contribution in [3.05, 3.63) is 83.9 Å². The molecule has 1 N–H and O–H groups in total. The monoisotopic (exact) mass is 435 g/mol. The first-order valence-electron chi connectivity index (χ1n) is 9.67. The summed E-state index contributed by atoms with van der Waals surface area (Å²) in [4.78, 5) is 13.0. The van der Waals surface area contributed by atoms with Gasteiger partial charge in [-0.2, -0.15) is 0 Å². The highest BCUT2D eigenvalue weighted by molar-refractivity contribution is 7.86. The van der Waals surface area contributed by atoms with Gasteiger partial charge >= 0.3 is 0 Å².